The number of nitrogens with one attached hydrogen (secondary N) is 1. The van der Waals surface area contributed by atoms with Crippen molar-refractivity contribution in [2.24, 2.45) is 0 Å². The third-order valence-electron chi connectivity index (χ3n) is 7.39. The minimum atomic E-state index is -0.692. The SMILES string of the molecule is Cc1nc(N[C@H](C)c2cccc(C#N)c2C)c2c(n1)[C@]1(CCN(C)C1)C(=O)N(c1ccccc1)C2. The van der Waals surface area contributed by atoms with Crippen LogP contribution in [0.1, 0.15) is 53.2 Å². The maximum Gasteiger partial charge on any atom is 0.240 e. The first kappa shape index (κ1) is 23.0. The van der Waals surface area contributed by atoms with Crippen LogP contribution >= 0.6 is 0 Å². The van der Waals surface area contributed by atoms with Crippen molar-refractivity contribution in [3.63, 3.8) is 0 Å². The molecule has 5 rings (SSSR count). The third-order valence-corrected chi connectivity index (χ3v) is 7.39. The number of rotatable bonds is 4. The summed E-state index contributed by atoms with van der Waals surface area (Å²) in [6, 6.07) is 17.8. The number of hydrogen-bond donors (Lipinski definition) is 1. The molecule has 0 radical (unpaired) electrons. The van der Waals surface area contributed by atoms with Crippen molar-refractivity contribution in [1.82, 2.24) is 14.9 Å². The molecule has 2 atom stereocenters. The van der Waals surface area contributed by atoms with Gasteiger partial charge in [-0.2, -0.15) is 5.26 Å². The van der Waals surface area contributed by atoms with Gasteiger partial charge in [0, 0.05) is 17.8 Å². The maximum absolute atomic E-state index is 14.0. The van der Waals surface area contributed by atoms with Gasteiger partial charge < -0.3 is 15.1 Å². The number of carbonyl (C=O) groups is 1. The van der Waals surface area contributed by atoms with E-state index in [1.54, 1.807) is 0 Å². The van der Waals surface area contributed by atoms with Gasteiger partial charge in [-0.25, -0.2) is 9.97 Å². The number of aryl methyl sites for hydroxylation is 1. The summed E-state index contributed by atoms with van der Waals surface area (Å²) >= 11 is 0. The van der Waals surface area contributed by atoms with Crippen LogP contribution in [-0.4, -0.2) is 40.9 Å². The highest BCUT2D eigenvalue weighted by atomic mass is 16.2. The molecular weight excluding hydrogens is 436 g/mol. The molecule has 3 aromatic rings. The Bertz CT molecular complexity index is 1330. The van der Waals surface area contributed by atoms with Crippen LogP contribution in [0.25, 0.3) is 0 Å². The summed E-state index contributed by atoms with van der Waals surface area (Å²) in [6.45, 7) is 7.84. The first-order valence-electron chi connectivity index (χ1n) is 12.0. The number of aromatic nitrogens is 2. The zero-order valence-electron chi connectivity index (χ0n) is 20.7. The number of fused-ring (bicyclic) bond motifs is 2. The van der Waals surface area contributed by atoms with E-state index in [-0.39, 0.29) is 11.9 Å². The largest absolute Gasteiger partial charge is 0.363 e. The fraction of sp³-hybridized carbons (Fsp3) is 0.357. The molecule has 7 nitrogen and oxygen atoms in total. The van der Waals surface area contributed by atoms with Gasteiger partial charge in [0.25, 0.3) is 0 Å². The highest BCUT2D eigenvalue weighted by Gasteiger charge is 2.53. The minimum Gasteiger partial charge on any atom is -0.363 e. The summed E-state index contributed by atoms with van der Waals surface area (Å²) in [5.41, 5.74) is 4.70. The predicted molar refractivity (Wildman–Crippen MR) is 136 cm³/mol. The molecule has 2 aliphatic heterocycles. The third kappa shape index (κ3) is 3.84. The molecule has 3 heterocycles. The number of anilines is 2. The van der Waals surface area contributed by atoms with Crippen LogP contribution in [0.2, 0.25) is 0 Å². The average Bonchev–Trinajstić information content (AvgIpc) is 3.25. The fourth-order valence-corrected chi connectivity index (χ4v) is 5.56. The second kappa shape index (κ2) is 8.79. The lowest BCUT2D eigenvalue weighted by molar-refractivity contribution is -0.124. The Hall–Kier alpha value is -3.76. The molecule has 7 heteroatoms. The Morgan fingerprint density at radius 1 is 1.11 bits per heavy atom. The van der Waals surface area contributed by atoms with E-state index in [0.29, 0.717) is 24.5 Å². The summed E-state index contributed by atoms with van der Waals surface area (Å²) in [5, 5.41) is 13.1. The van der Waals surface area contributed by atoms with Crippen LogP contribution in [-0.2, 0) is 16.8 Å². The van der Waals surface area contributed by atoms with Crippen LogP contribution in [0.15, 0.2) is 48.5 Å². The van der Waals surface area contributed by atoms with Gasteiger partial charge in [-0.15, -0.1) is 0 Å². The molecule has 1 fully saturated rings. The molecule has 1 spiro atoms. The molecule has 0 saturated carbocycles. The molecule has 1 aromatic heterocycles. The normalized spacial score (nSPS) is 20.5. The van der Waals surface area contributed by atoms with E-state index >= 15 is 0 Å². The lowest BCUT2D eigenvalue weighted by Crippen LogP contribution is -2.53. The van der Waals surface area contributed by atoms with Crippen molar-refractivity contribution < 1.29 is 4.79 Å². The van der Waals surface area contributed by atoms with Crippen LogP contribution in [0.5, 0.6) is 0 Å². The summed E-state index contributed by atoms with van der Waals surface area (Å²) in [5.74, 6) is 1.51. The van der Waals surface area contributed by atoms with Gasteiger partial charge >= 0.3 is 0 Å². The number of amides is 1. The Kier molecular flexibility index (Phi) is 5.78. The molecule has 0 bridgehead atoms. The molecule has 1 N–H and O–H groups in total. The summed E-state index contributed by atoms with van der Waals surface area (Å²) in [4.78, 5) is 27.8. The van der Waals surface area contributed by atoms with E-state index in [9.17, 15) is 10.1 Å². The number of likely N-dealkylation sites (tertiary alicyclic amines) is 1. The predicted octanol–water partition coefficient (Wildman–Crippen LogP) is 4.26. The van der Waals surface area contributed by atoms with Gasteiger partial charge in [0.2, 0.25) is 5.91 Å². The van der Waals surface area contributed by atoms with E-state index in [2.05, 4.69) is 30.3 Å². The van der Waals surface area contributed by atoms with Crippen molar-refractivity contribution >= 4 is 17.4 Å². The topological polar surface area (TPSA) is 85.1 Å². The maximum atomic E-state index is 14.0. The van der Waals surface area contributed by atoms with E-state index in [0.717, 1.165) is 46.9 Å². The van der Waals surface area contributed by atoms with Crippen LogP contribution < -0.4 is 10.2 Å². The number of benzene rings is 2. The Morgan fingerprint density at radius 3 is 2.57 bits per heavy atom. The molecular formula is C28H30N6O. The van der Waals surface area contributed by atoms with Crippen LogP contribution in [0.3, 0.4) is 0 Å². The van der Waals surface area contributed by atoms with Gasteiger partial charge in [0.1, 0.15) is 17.1 Å². The lowest BCUT2D eigenvalue weighted by Gasteiger charge is -2.41. The summed E-state index contributed by atoms with van der Waals surface area (Å²) < 4.78 is 0. The van der Waals surface area contributed by atoms with Crippen molar-refractivity contribution in [2.75, 3.05) is 30.4 Å². The van der Waals surface area contributed by atoms with Gasteiger partial charge in [-0.1, -0.05) is 30.3 Å². The molecule has 178 valence electrons. The van der Waals surface area contributed by atoms with E-state index in [4.69, 9.17) is 9.97 Å². The summed E-state index contributed by atoms with van der Waals surface area (Å²) in [6.07, 6.45) is 0.730. The van der Waals surface area contributed by atoms with Gasteiger partial charge in [0.05, 0.1) is 29.9 Å². The van der Waals surface area contributed by atoms with Crippen molar-refractivity contribution in [3.05, 3.63) is 82.3 Å². The molecule has 0 aliphatic carbocycles. The second-order valence-electron chi connectivity index (χ2n) is 9.74. The average molecular weight is 467 g/mol. The first-order valence-corrected chi connectivity index (χ1v) is 12.0. The highest BCUT2D eigenvalue weighted by Crippen LogP contribution is 2.44. The Labute approximate surface area is 206 Å². The Morgan fingerprint density at radius 2 is 1.89 bits per heavy atom. The number of carbonyl (C=O) groups excluding carboxylic acids is 1. The minimum absolute atomic E-state index is 0.0771. The number of hydrogen-bond acceptors (Lipinski definition) is 6. The first-order chi connectivity index (χ1) is 16.8. The Balaban J connectivity index is 1.62. The van der Waals surface area contributed by atoms with Crippen molar-refractivity contribution in [1.29, 1.82) is 5.26 Å². The number of para-hydroxylation sites is 1. The molecule has 1 saturated heterocycles. The molecule has 0 unspecified atom stereocenters. The standard InChI is InChI=1S/C28H30N6O/c1-18-21(15-29)9-8-12-23(18)19(2)30-26-24-16-34(22-10-6-5-7-11-22)27(35)28(13-14-33(4)17-28)25(24)31-20(3)32-26/h5-12,19H,13-14,16-17H2,1-4H3,(H,30,31,32)/t19-,28-/m1/s1. The molecule has 2 aromatic carbocycles. The number of nitriles is 1. The molecule has 35 heavy (non-hydrogen) atoms. The molecule has 1 amide bonds. The van der Waals surface area contributed by atoms with Gasteiger partial charge in [-0.05, 0) is 70.1 Å². The van der Waals surface area contributed by atoms with E-state index < -0.39 is 5.41 Å². The van der Waals surface area contributed by atoms with E-state index in [1.807, 2.05) is 67.3 Å². The number of nitrogens with zero attached hydrogens (tertiary/aromatic N) is 5. The second-order valence-corrected chi connectivity index (χ2v) is 9.74. The van der Waals surface area contributed by atoms with Crippen LogP contribution in [0.4, 0.5) is 11.5 Å². The quantitative estimate of drug-likeness (QED) is 0.619. The van der Waals surface area contributed by atoms with Crippen LogP contribution in [0, 0.1) is 25.2 Å². The van der Waals surface area contributed by atoms with Gasteiger partial charge in [0.15, 0.2) is 0 Å². The fourth-order valence-electron chi connectivity index (χ4n) is 5.56. The summed E-state index contributed by atoms with van der Waals surface area (Å²) in [7, 11) is 2.06. The zero-order valence-corrected chi connectivity index (χ0v) is 20.7. The highest BCUT2D eigenvalue weighted by molar-refractivity contribution is 6.03. The number of likely N-dealkylation sites (N-methyl/N-ethyl adjacent to an activating group) is 1. The van der Waals surface area contributed by atoms with E-state index in [1.165, 1.54) is 0 Å². The zero-order chi connectivity index (χ0) is 24.7. The van der Waals surface area contributed by atoms with Crippen molar-refractivity contribution in [2.45, 2.75) is 45.2 Å². The van der Waals surface area contributed by atoms with Gasteiger partial charge in [-0.3, -0.25) is 4.79 Å². The lowest BCUT2D eigenvalue weighted by atomic mass is 9.76. The smallest absolute Gasteiger partial charge is 0.240 e. The van der Waals surface area contributed by atoms with Crippen molar-refractivity contribution in [3.8, 4) is 6.07 Å². The molecule has 2 aliphatic rings. The monoisotopic (exact) mass is 466 g/mol.